The van der Waals surface area contributed by atoms with Gasteiger partial charge in [0.05, 0.1) is 22.2 Å². The lowest BCUT2D eigenvalue weighted by Gasteiger charge is -2.17. The summed E-state index contributed by atoms with van der Waals surface area (Å²) in [6.07, 6.45) is 0.831. The number of nitrogens with one attached hydrogen (secondary N) is 1. The number of pyridine rings is 1. The molecule has 4 aromatic rings. The van der Waals surface area contributed by atoms with Gasteiger partial charge < -0.3 is 20.1 Å². The molecule has 1 aliphatic heterocycles. The van der Waals surface area contributed by atoms with Crippen molar-refractivity contribution in [3.63, 3.8) is 0 Å². The molecule has 0 atom stereocenters. The summed E-state index contributed by atoms with van der Waals surface area (Å²) in [6.45, 7) is 1.22. The van der Waals surface area contributed by atoms with Crippen LogP contribution in [-0.2, 0) is 13.1 Å². The van der Waals surface area contributed by atoms with Gasteiger partial charge in [0.1, 0.15) is 23.0 Å². The minimum Gasteiger partial charge on any atom is -0.505 e. The van der Waals surface area contributed by atoms with Crippen molar-refractivity contribution in [2.75, 3.05) is 0 Å². The van der Waals surface area contributed by atoms with Gasteiger partial charge >= 0.3 is 5.97 Å². The molecule has 0 aliphatic carbocycles. The molecule has 0 spiro atoms. The highest BCUT2D eigenvalue weighted by molar-refractivity contribution is 5.98. The predicted octanol–water partition coefficient (Wildman–Crippen LogP) is 4.08. The number of hydrogen-bond donors (Lipinski definition) is 3. The van der Waals surface area contributed by atoms with Crippen molar-refractivity contribution in [2.45, 2.75) is 13.1 Å². The van der Waals surface area contributed by atoms with Gasteiger partial charge in [0, 0.05) is 25.4 Å². The number of halogens is 3. The SMILES string of the molecule is O=C(O)c1cn(-c2ccc(F)cc2F)c2c(O)c(-c3ccc4c(c3)CNC4)c(F)cc2c1=O. The first-order chi connectivity index (χ1) is 15.8. The first-order valence-electron chi connectivity index (χ1n) is 9.88. The number of aromatic hydroxyl groups is 1. The highest BCUT2D eigenvalue weighted by Crippen LogP contribution is 2.39. The molecule has 166 valence electrons. The number of carbonyl (C=O) groups is 1. The Labute approximate surface area is 184 Å². The lowest BCUT2D eigenvalue weighted by Crippen LogP contribution is -2.19. The summed E-state index contributed by atoms with van der Waals surface area (Å²) in [6, 6.07) is 8.47. The normalized spacial score (nSPS) is 12.8. The largest absolute Gasteiger partial charge is 0.505 e. The third-order valence-corrected chi connectivity index (χ3v) is 5.74. The van der Waals surface area contributed by atoms with Crippen LogP contribution in [0.1, 0.15) is 21.5 Å². The van der Waals surface area contributed by atoms with Crippen LogP contribution in [0.3, 0.4) is 0 Å². The van der Waals surface area contributed by atoms with E-state index in [1.165, 1.54) is 0 Å². The van der Waals surface area contributed by atoms with Crippen LogP contribution in [0.15, 0.2) is 53.5 Å². The van der Waals surface area contributed by atoms with Crippen LogP contribution in [0.2, 0.25) is 0 Å². The summed E-state index contributed by atoms with van der Waals surface area (Å²) < 4.78 is 44.2. The quantitative estimate of drug-likeness (QED) is 0.436. The fourth-order valence-electron chi connectivity index (χ4n) is 4.18. The molecule has 1 aromatic heterocycles. The average Bonchev–Trinajstić information content (AvgIpc) is 3.22. The number of phenols is 1. The number of nitrogens with zero attached hydrogens (tertiary/aromatic N) is 1. The first-order valence-corrected chi connectivity index (χ1v) is 9.88. The summed E-state index contributed by atoms with van der Waals surface area (Å²) in [5, 5.41) is 23.3. The summed E-state index contributed by atoms with van der Waals surface area (Å²) in [4.78, 5) is 24.4. The third kappa shape index (κ3) is 3.25. The molecule has 0 saturated carbocycles. The maximum atomic E-state index is 15.2. The molecule has 0 bridgehead atoms. The van der Waals surface area contributed by atoms with E-state index in [9.17, 15) is 28.6 Å². The molecule has 0 fully saturated rings. The van der Waals surface area contributed by atoms with E-state index in [1.807, 2.05) is 0 Å². The zero-order chi connectivity index (χ0) is 23.4. The van der Waals surface area contributed by atoms with Gasteiger partial charge in [0.25, 0.3) is 0 Å². The van der Waals surface area contributed by atoms with E-state index in [4.69, 9.17) is 0 Å². The number of carboxylic acids is 1. The maximum absolute atomic E-state index is 15.2. The highest BCUT2D eigenvalue weighted by Gasteiger charge is 2.24. The van der Waals surface area contributed by atoms with Gasteiger partial charge in [-0.25, -0.2) is 18.0 Å². The Morgan fingerprint density at radius 3 is 2.45 bits per heavy atom. The Kier molecular flexibility index (Phi) is 4.71. The number of phenolic OH excluding ortho intramolecular Hbond substituents is 1. The smallest absolute Gasteiger partial charge is 0.341 e. The van der Waals surface area contributed by atoms with E-state index in [0.29, 0.717) is 24.7 Å². The molecule has 1 aliphatic rings. The van der Waals surface area contributed by atoms with E-state index in [2.05, 4.69) is 5.32 Å². The van der Waals surface area contributed by atoms with Crippen molar-refractivity contribution >= 4 is 16.9 Å². The number of aromatic nitrogens is 1. The number of carboxylic acid groups (broad SMARTS) is 1. The van der Waals surface area contributed by atoms with E-state index >= 15 is 4.39 Å². The molecular weight excluding hydrogens is 437 g/mol. The zero-order valence-electron chi connectivity index (χ0n) is 16.8. The molecule has 0 amide bonds. The number of aromatic carboxylic acids is 1. The van der Waals surface area contributed by atoms with Crippen molar-refractivity contribution in [3.8, 4) is 22.6 Å². The molecule has 3 aromatic carbocycles. The van der Waals surface area contributed by atoms with Crippen LogP contribution in [0.4, 0.5) is 13.2 Å². The lowest BCUT2D eigenvalue weighted by atomic mass is 9.97. The van der Waals surface area contributed by atoms with Gasteiger partial charge in [0.15, 0.2) is 5.75 Å². The lowest BCUT2D eigenvalue weighted by molar-refractivity contribution is 0.0695. The van der Waals surface area contributed by atoms with Crippen LogP contribution < -0.4 is 10.7 Å². The van der Waals surface area contributed by atoms with Crippen molar-refractivity contribution in [3.05, 3.63) is 93.0 Å². The summed E-state index contributed by atoms with van der Waals surface area (Å²) >= 11 is 0. The Balaban J connectivity index is 1.89. The molecule has 6 nitrogen and oxygen atoms in total. The zero-order valence-corrected chi connectivity index (χ0v) is 16.8. The Morgan fingerprint density at radius 2 is 1.73 bits per heavy atom. The number of rotatable bonds is 3. The summed E-state index contributed by atoms with van der Waals surface area (Å²) in [7, 11) is 0. The number of benzene rings is 3. The molecule has 0 unspecified atom stereocenters. The highest BCUT2D eigenvalue weighted by atomic mass is 19.1. The molecule has 5 rings (SSSR count). The third-order valence-electron chi connectivity index (χ3n) is 5.74. The second kappa shape index (κ2) is 7.49. The minimum absolute atomic E-state index is 0.226. The van der Waals surface area contributed by atoms with Gasteiger partial charge in [-0.2, -0.15) is 0 Å². The summed E-state index contributed by atoms with van der Waals surface area (Å²) in [5.74, 6) is -5.17. The van der Waals surface area contributed by atoms with Crippen LogP contribution >= 0.6 is 0 Å². The topological polar surface area (TPSA) is 91.6 Å². The van der Waals surface area contributed by atoms with Gasteiger partial charge in [0.2, 0.25) is 5.43 Å². The second-order valence-electron chi connectivity index (χ2n) is 7.71. The van der Waals surface area contributed by atoms with Crippen molar-refractivity contribution in [2.24, 2.45) is 0 Å². The van der Waals surface area contributed by atoms with E-state index < -0.39 is 45.5 Å². The molecule has 33 heavy (non-hydrogen) atoms. The van der Waals surface area contributed by atoms with Crippen molar-refractivity contribution in [1.29, 1.82) is 0 Å². The van der Waals surface area contributed by atoms with Gasteiger partial charge in [-0.15, -0.1) is 0 Å². The van der Waals surface area contributed by atoms with Gasteiger partial charge in [-0.05, 0) is 41.0 Å². The van der Waals surface area contributed by atoms with Crippen LogP contribution in [0, 0.1) is 17.5 Å². The van der Waals surface area contributed by atoms with Gasteiger partial charge in [-0.1, -0.05) is 12.1 Å². The molecule has 9 heteroatoms. The first kappa shape index (κ1) is 20.8. The van der Waals surface area contributed by atoms with Crippen LogP contribution in [0.5, 0.6) is 5.75 Å². The average molecular weight is 452 g/mol. The van der Waals surface area contributed by atoms with E-state index in [0.717, 1.165) is 40.1 Å². The van der Waals surface area contributed by atoms with Crippen LogP contribution in [0.25, 0.3) is 27.7 Å². The van der Waals surface area contributed by atoms with E-state index in [1.54, 1.807) is 18.2 Å². The monoisotopic (exact) mass is 452 g/mol. The fourth-order valence-corrected chi connectivity index (χ4v) is 4.18. The Morgan fingerprint density at radius 1 is 0.970 bits per heavy atom. The molecular formula is C24H15F3N2O4. The Hall–Kier alpha value is -4.11. The fraction of sp³-hybridized carbons (Fsp3) is 0.0833. The minimum atomic E-state index is -1.62. The second-order valence-corrected chi connectivity index (χ2v) is 7.71. The predicted molar refractivity (Wildman–Crippen MR) is 114 cm³/mol. The summed E-state index contributed by atoms with van der Waals surface area (Å²) in [5.41, 5.74) is -0.395. The van der Waals surface area contributed by atoms with Gasteiger partial charge in [-0.3, -0.25) is 4.79 Å². The maximum Gasteiger partial charge on any atom is 0.341 e. The van der Waals surface area contributed by atoms with Crippen molar-refractivity contribution in [1.82, 2.24) is 9.88 Å². The number of hydrogen-bond acceptors (Lipinski definition) is 4. The van der Waals surface area contributed by atoms with Crippen molar-refractivity contribution < 1.29 is 28.2 Å². The standard InChI is InChI=1S/C24H15F3N2O4/c25-14-3-4-19(17(26)6-14)29-10-16(24(32)33)22(30)15-7-18(27)20(23(31)21(15)29)11-1-2-12-8-28-9-13(12)5-11/h1-7,10,28,31H,8-9H2,(H,32,33). The molecule has 3 N–H and O–H groups in total. The molecule has 0 saturated heterocycles. The van der Waals surface area contributed by atoms with Crippen LogP contribution in [-0.4, -0.2) is 20.7 Å². The number of fused-ring (bicyclic) bond motifs is 2. The van der Waals surface area contributed by atoms with E-state index in [-0.39, 0.29) is 16.8 Å². The Bertz CT molecular complexity index is 1550. The molecule has 0 radical (unpaired) electrons. The molecule has 2 heterocycles.